The molecule has 2 aliphatic rings. The van der Waals surface area contributed by atoms with Crippen LogP contribution in [0.2, 0.25) is 0 Å². The second-order valence-corrected chi connectivity index (χ2v) is 5.97. The number of ketones is 1. The lowest BCUT2D eigenvalue weighted by atomic mass is 9.90. The zero-order valence-electron chi connectivity index (χ0n) is 12.1. The summed E-state index contributed by atoms with van der Waals surface area (Å²) in [6.07, 6.45) is 12.4. The smallest absolute Gasteiger partial charge is 0.187 e. The van der Waals surface area contributed by atoms with Gasteiger partial charge in [-0.05, 0) is 62.1 Å². The van der Waals surface area contributed by atoms with Crippen LogP contribution >= 0.6 is 0 Å². The third-order valence-electron chi connectivity index (χ3n) is 4.46. The molecule has 1 heterocycles. The minimum Gasteiger partial charge on any atom is -0.377 e. The molecule has 0 unspecified atom stereocenters. The molecule has 106 valence electrons. The van der Waals surface area contributed by atoms with E-state index in [0.29, 0.717) is 0 Å². The molecule has 3 rings (SSSR count). The maximum atomic E-state index is 12.3. The summed E-state index contributed by atoms with van der Waals surface area (Å²) in [5.74, 6) is 0.143. The molecule has 1 aliphatic heterocycles. The van der Waals surface area contributed by atoms with E-state index in [-0.39, 0.29) is 5.78 Å². The molecule has 0 amide bonds. The monoisotopic (exact) mass is 269 g/mol. The van der Waals surface area contributed by atoms with E-state index in [2.05, 4.69) is 17.0 Å². The maximum absolute atomic E-state index is 12.3. The number of piperidine rings is 1. The van der Waals surface area contributed by atoms with Gasteiger partial charge in [-0.2, -0.15) is 0 Å². The summed E-state index contributed by atoms with van der Waals surface area (Å²) < 4.78 is 0. The highest BCUT2D eigenvalue weighted by Crippen LogP contribution is 2.22. The average Bonchev–Trinajstić information content (AvgIpc) is 2.53. The standard InChI is InChI=1S/C18H23NO/c20-18(10-13-19-11-4-1-5-12-19)17-9-8-15-6-2-3-7-16(15)14-17/h8-10,13-14H,1-7,11-12H2/b13-10+. The highest BCUT2D eigenvalue weighted by Gasteiger charge is 2.12. The van der Waals surface area contributed by atoms with Gasteiger partial charge >= 0.3 is 0 Å². The Morgan fingerprint density at radius 2 is 1.70 bits per heavy atom. The van der Waals surface area contributed by atoms with E-state index in [1.807, 2.05) is 12.3 Å². The second kappa shape index (κ2) is 6.25. The maximum Gasteiger partial charge on any atom is 0.187 e. The Hall–Kier alpha value is -1.57. The van der Waals surface area contributed by atoms with Crippen molar-refractivity contribution >= 4 is 5.78 Å². The van der Waals surface area contributed by atoms with Crippen molar-refractivity contribution < 1.29 is 4.79 Å². The van der Waals surface area contributed by atoms with Crippen molar-refractivity contribution in [2.75, 3.05) is 13.1 Å². The minimum atomic E-state index is 0.143. The lowest BCUT2D eigenvalue weighted by molar-refractivity contribution is 0.104. The van der Waals surface area contributed by atoms with Gasteiger partial charge in [-0.15, -0.1) is 0 Å². The fourth-order valence-electron chi connectivity index (χ4n) is 3.22. The van der Waals surface area contributed by atoms with Gasteiger partial charge in [0.05, 0.1) is 0 Å². The van der Waals surface area contributed by atoms with Gasteiger partial charge in [-0.25, -0.2) is 0 Å². The number of rotatable bonds is 3. The number of fused-ring (bicyclic) bond motifs is 1. The van der Waals surface area contributed by atoms with Crippen molar-refractivity contribution in [3.8, 4) is 0 Å². The Labute approximate surface area is 121 Å². The van der Waals surface area contributed by atoms with Gasteiger partial charge in [0, 0.05) is 30.9 Å². The molecule has 0 atom stereocenters. The quantitative estimate of drug-likeness (QED) is 0.615. The summed E-state index contributed by atoms with van der Waals surface area (Å²) in [6, 6.07) is 6.25. The summed E-state index contributed by atoms with van der Waals surface area (Å²) in [6.45, 7) is 2.18. The molecular formula is C18H23NO. The molecule has 2 heteroatoms. The number of hydrogen-bond acceptors (Lipinski definition) is 2. The third kappa shape index (κ3) is 3.12. The minimum absolute atomic E-state index is 0.143. The topological polar surface area (TPSA) is 20.3 Å². The highest BCUT2D eigenvalue weighted by molar-refractivity contribution is 6.04. The normalized spacial score (nSPS) is 19.1. The van der Waals surface area contributed by atoms with E-state index < -0.39 is 0 Å². The van der Waals surface area contributed by atoms with Gasteiger partial charge < -0.3 is 4.90 Å². The molecule has 0 radical (unpaired) electrons. The van der Waals surface area contributed by atoms with E-state index in [1.54, 1.807) is 6.08 Å². The van der Waals surface area contributed by atoms with Gasteiger partial charge in [0.2, 0.25) is 0 Å². The molecule has 1 aromatic carbocycles. The largest absolute Gasteiger partial charge is 0.377 e. The van der Waals surface area contributed by atoms with Crippen LogP contribution in [0.1, 0.15) is 53.6 Å². The second-order valence-electron chi connectivity index (χ2n) is 5.97. The van der Waals surface area contributed by atoms with Crippen LogP contribution in [0.25, 0.3) is 0 Å². The number of allylic oxidation sites excluding steroid dienone is 1. The van der Waals surface area contributed by atoms with Crippen molar-refractivity contribution in [3.63, 3.8) is 0 Å². The van der Waals surface area contributed by atoms with Crippen LogP contribution in [0, 0.1) is 0 Å². The Balaban J connectivity index is 1.68. The van der Waals surface area contributed by atoms with Gasteiger partial charge in [0.25, 0.3) is 0 Å². The number of carbonyl (C=O) groups is 1. The van der Waals surface area contributed by atoms with E-state index >= 15 is 0 Å². The first-order chi connectivity index (χ1) is 9.83. The van der Waals surface area contributed by atoms with E-state index in [4.69, 9.17) is 0 Å². The Morgan fingerprint density at radius 3 is 2.50 bits per heavy atom. The van der Waals surface area contributed by atoms with Crippen LogP contribution < -0.4 is 0 Å². The molecule has 1 aromatic rings. The van der Waals surface area contributed by atoms with E-state index in [0.717, 1.165) is 25.1 Å². The van der Waals surface area contributed by atoms with Gasteiger partial charge in [-0.1, -0.05) is 12.1 Å². The fraction of sp³-hybridized carbons (Fsp3) is 0.500. The third-order valence-corrected chi connectivity index (χ3v) is 4.46. The predicted octanol–water partition coefficient (Wildman–Crippen LogP) is 3.75. The molecule has 1 fully saturated rings. The van der Waals surface area contributed by atoms with Crippen LogP contribution in [-0.4, -0.2) is 23.8 Å². The summed E-state index contributed by atoms with van der Waals surface area (Å²) >= 11 is 0. The highest BCUT2D eigenvalue weighted by atomic mass is 16.1. The zero-order chi connectivity index (χ0) is 13.8. The average molecular weight is 269 g/mol. The van der Waals surface area contributed by atoms with Gasteiger partial charge in [0.15, 0.2) is 5.78 Å². The number of likely N-dealkylation sites (tertiary alicyclic amines) is 1. The van der Waals surface area contributed by atoms with Crippen molar-refractivity contribution in [1.82, 2.24) is 4.90 Å². The number of benzene rings is 1. The van der Waals surface area contributed by atoms with Crippen LogP contribution in [0.4, 0.5) is 0 Å². The Morgan fingerprint density at radius 1 is 0.950 bits per heavy atom. The molecule has 1 aliphatic carbocycles. The van der Waals surface area contributed by atoms with Crippen molar-refractivity contribution in [2.24, 2.45) is 0 Å². The van der Waals surface area contributed by atoms with Crippen molar-refractivity contribution in [3.05, 3.63) is 47.2 Å². The molecule has 20 heavy (non-hydrogen) atoms. The molecule has 0 bridgehead atoms. The lowest BCUT2D eigenvalue weighted by Crippen LogP contribution is -2.24. The molecular weight excluding hydrogens is 246 g/mol. The molecule has 1 saturated heterocycles. The first-order valence-electron chi connectivity index (χ1n) is 7.91. The first-order valence-corrected chi connectivity index (χ1v) is 7.91. The zero-order valence-corrected chi connectivity index (χ0v) is 12.1. The number of carbonyl (C=O) groups excluding carboxylic acids is 1. The van der Waals surface area contributed by atoms with Crippen molar-refractivity contribution in [2.45, 2.75) is 44.9 Å². The Kier molecular flexibility index (Phi) is 4.19. The predicted molar refractivity (Wildman–Crippen MR) is 82.0 cm³/mol. The first kappa shape index (κ1) is 13.4. The molecule has 0 spiro atoms. The van der Waals surface area contributed by atoms with Crippen LogP contribution in [0.3, 0.4) is 0 Å². The van der Waals surface area contributed by atoms with E-state index in [9.17, 15) is 4.79 Å². The molecule has 0 aromatic heterocycles. The van der Waals surface area contributed by atoms with Crippen LogP contribution in [0.15, 0.2) is 30.5 Å². The molecule has 2 nitrogen and oxygen atoms in total. The lowest BCUT2D eigenvalue weighted by Gasteiger charge is -2.24. The van der Waals surface area contributed by atoms with Gasteiger partial charge in [0.1, 0.15) is 0 Å². The SMILES string of the molecule is O=C(/C=C/N1CCCCC1)c1ccc2c(c1)CCCC2. The Bertz CT molecular complexity index is 512. The summed E-state index contributed by atoms with van der Waals surface area (Å²) in [4.78, 5) is 14.5. The molecule has 0 N–H and O–H groups in total. The number of aryl methyl sites for hydroxylation is 2. The molecule has 0 saturated carbocycles. The number of nitrogens with zero attached hydrogens (tertiary/aromatic N) is 1. The van der Waals surface area contributed by atoms with Crippen molar-refractivity contribution in [1.29, 1.82) is 0 Å². The number of hydrogen-bond donors (Lipinski definition) is 0. The van der Waals surface area contributed by atoms with E-state index in [1.165, 1.54) is 49.7 Å². The summed E-state index contributed by atoms with van der Waals surface area (Å²) in [5.41, 5.74) is 3.67. The fourth-order valence-corrected chi connectivity index (χ4v) is 3.22. The summed E-state index contributed by atoms with van der Waals surface area (Å²) in [7, 11) is 0. The van der Waals surface area contributed by atoms with Crippen LogP contribution in [0.5, 0.6) is 0 Å². The summed E-state index contributed by atoms with van der Waals surface area (Å²) in [5, 5.41) is 0. The van der Waals surface area contributed by atoms with Gasteiger partial charge in [-0.3, -0.25) is 4.79 Å². The van der Waals surface area contributed by atoms with Crippen LogP contribution in [-0.2, 0) is 12.8 Å².